The number of hydrogen-bond donors (Lipinski definition) is 0. The fourth-order valence-electron chi connectivity index (χ4n) is 2.41. The summed E-state index contributed by atoms with van der Waals surface area (Å²) in [6.45, 7) is 4.31. The monoisotopic (exact) mass is 286 g/mol. The van der Waals surface area contributed by atoms with E-state index >= 15 is 0 Å². The Balaban J connectivity index is 2.06. The van der Waals surface area contributed by atoms with Gasteiger partial charge in [-0.15, -0.1) is 0 Å². The Morgan fingerprint density at radius 3 is 2.80 bits per heavy atom. The molecule has 0 atom stereocenters. The molecule has 20 heavy (non-hydrogen) atoms. The molecule has 1 aromatic rings. The van der Waals surface area contributed by atoms with Crippen molar-refractivity contribution in [2.45, 2.75) is 25.2 Å². The van der Waals surface area contributed by atoms with Gasteiger partial charge in [-0.25, -0.2) is 4.39 Å². The first-order valence-electron chi connectivity index (χ1n) is 6.68. The minimum atomic E-state index is -0.303. The minimum Gasteiger partial charge on any atom is -0.289 e. The summed E-state index contributed by atoms with van der Waals surface area (Å²) >= 11 is 1.48. The lowest BCUT2D eigenvalue weighted by atomic mass is 9.91. The van der Waals surface area contributed by atoms with Gasteiger partial charge >= 0.3 is 0 Å². The molecule has 1 nitrogen and oxygen atoms in total. The third-order valence-electron chi connectivity index (χ3n) is 3.64. The van der Waals surface area contributed by atoms with Crippen LogP contribution < -0.4 is 0 Å². The maximum absolute atomic E-state index is 13.4. The molecule has 3 rings (SSSR count). The second-order valence-electron chi connectivity index (χ2n) is 5.38. The smallest absolute Gasteiger partial charge is 0.187 e. The van der Waals surface area contributed by atoms with Crippen LogP contribution in [0.5, 0.6) is 0 Å². The molecule has 0 N–H and O–H groups in total. The van der Waals surface area contributed by atoms with Crippen molar-refractivity contribution in [3.05, 3.63) is 63.9 Å². The SMILES string of the molecule is CC(C)C1=CC=C2Sc3cc(F)ccc3C(=O)C=C2C1. The van der Waals surface area contributed by atoms with Gasteiger partial charge in [-0.2, -0.15) is 0 Å². The Kier molecular flexibility index (Phi) is 3.38. The summed E-state index contributed by atoms with van der Waals surface area (Å²) < 4.78 is 13.4. The molecule has 1 heterocycles. The highest BCUT2D eigenvalue weighted by atomic mass is 32.2. The van der Waals surface area contributed by atoms with E-state index < -0.39 is 0 Å². The van der Waals surface area contributed by atoms with E-state index in [0.717, 1.165) is 16.9 Å². The van der Waals surface area contributed by atoms with Gasteiger partial charge in [0.15, 0.2) is 5.78 Å². The predicted molar refractivity (Wildman–Crippen MR) is 80.3 cm³/mol. The highest BCUT2D eigenvalue weighted by Gasteiger charge is 2.23. The lowest BCUT2D eigenvalue weighted by molar-refractivity contribution is 0.104. The second kappa shape index (κ2) is 5.06. The van der Waals surface area contributed by atoms with Crippen molar-refractivity contribution in [2.75, 3.05) is 0 Å². The standard InChI is InChI=1S/C17H15FOS/c1-10(2)11-3-6-16-12(7-11)8-15(19)14-5-4-13(18)9-17(14)20-16/h3-6,8-10H,7H2,1-2H3. The van der Waals surface area contributed by atoms with Crippen molar-refractivity contribution in [1.29, 1.82) is 0 Å². The van der Waals surface area contributed by atoms with Gasteiger partial charge in [0.25, 0.3) is 0 Å². The van der Waals surface area contributed by atoms with Crippen LogP contribution in [-0.2, 0) is 0 Å². The van der Waals surface area contributed by atoms with Gasteiger partial charge in [-0.3, -0.25) is 4.79 Å². The molecular formula is C17H15FOS. The van der Waals surface area contributed by atoms with Crippen molar-refractivity contribution in [1.82, 2.24) is 0 Å². The third kappa shape index (κ3) is 2.38. The first-order valence-corrected chi connectivity index (χ1v) is 7.49. The average molecular weight is 286 g/mol. The number of carbonyl (C=O) groups excluding carboxylic acids is 1. The average Bonchev–Trinajstić information content (AvgIpc) is 2.53. The van der Waals surface area contributed by atoms with E-state index in [1.165, 1.54) is 29.5 Å². The molecule has 102 valence electrons. The van der Waals surface area contributed by atoms with Gasteiger partial charge in [0.05, 0.1) is 0 Å². The van der Waals surface area contributed by atoms with Gasteiger partial charge in [0.1, 0.15) is 5.82 Å². The van der Waals surface area contributed by atoms with Crippen molar-refractivity contribution in [3.8, 4) is 0 Å². The Morgan fingerprint density at radius 1 is 1.25 bits per heavy atom. The number of ketones is 1. The van der Waals surface area contributed by atoms with Gasteiger partial charge in [0.2, 0.25) is 0 Å². The maximum atomic E-state index is 13.4. The number of allylic oxidation sites excluding steroid dienone is 5. The number of halogens is 1. The topological polar surface area (TPSA) is 17.1 Å². The molecule has 0 aromatic heterocycles. The van der Waals surface area contributed by atoms with Gasteiger partial charge in [-0.05, 0) is 48.3 Å². The zero-order valence-corrected chi connectivity index (χ0v) is 12.3. The molecule has 0 saturated carbocycles. The molecule has 3 heteroatoms. The van der Waals surface area contributed by atoms with Crippen molar-refractivity contribution < 1.29 is 9.18 Å². The molecular weight excluding hydrogens is 271 g/mol. The van der Waals surface area contributed by atoms with E-state index in [2.05, 4.69) is 19.9 Å². The normalized spacial score (nSPS) is 17.8. The zero-order chi connectivity index (χ0) is 14.3. The molecule has 1 aliphatic carbocycles. The van der Waals surface area contributed by atoms with Crippen LogP contribution in [0, 0.1) is 11.7 Å². The number of thioether (sulfide) groups is 1. The third-order valence-corrected chi connectivity index (χ3v) is 4.81. The lowest BCUT2D eigenvalue weighted by Gasteiger charge is -2.19. The van der Waals surface area contributed by atoms with Crippen LogP contribution >= 0.6 is 11.8 Å². The Bertz CT molecular complexity index is 680. The fraction of sp³-hybridized carbons (Fsp3) is 0.235. The molecule has 2 aliphatic rings. The van der Waals surface area contributed by atoms with Crippen LogP contribution in [0.25, 0.3) is 0 Å². The van der Waals surface area contributed by atoms with E-state index in [4.69, 9.17) is 0 Å². The van der Waals surface area contributed by atoms with E-state index in [1.54, 1.807) is 12.1 Å². The van der Waals surface area contributed by atoms with Gasteiger partial charge in [0, 0.05) is 15.4 Å². The summed E-state index contributed by atoms with van der Waals surface area (Å²) in [6, 6.07) is 4.36. The molecule has 0 amide bonds. The molecule has 0 fully saturated rings. The highest BCUT2D eigenvalue weighted by molar-refractivity contribution is 8.03. The Hall–Kier alpha value is -1.61. The van der Waals surface area contributed by atoms with E-state index in [9.17, 15) is 9.18 Å². The summed E-state index contributed by atoms with van der Waals surface area (Å²) in [5.41, 5.74) is 2.96. The molecule has 0 spiro atoms. The fourth-order valence-corrected chi connectivity index (χ4v) is 3.50. The number of benzene rings is 1. The molecule has 0 saturated heterocycles. The summed E-state index contributed by atoms with van der Waals surface area (Å²) in [5.74, 6) is 0.134. The van der Waals surface area contributed by atoms with Crippen LogP contribution in [0.3, 0.4) is 0 Å². The van der Waals surface area contributed by atoms with E-state index in [1.807, 2.05) is 6.08 Å². The van der Waals surface area contributed by atoms with Gasteiger partial charge < -0.3 is 0 Å². The van der Waals surface area contributed by atoms with E-state index in [-0.39, 0.29) is 11.6 Å². The molecule has 0 unspecified atom stereocenters. The van der Waals surface area contributed by atoms with Crippen LogP contribution in [0.2, 0.25) is 0 Å². The summed E-state index contributed by atoms with van der Waals surface area (Å²) in [7, 11) is 0. The Morgan fingerprint density at radius 2 is 2.05 bits per heavy atom. The highest BCUT2D eigenvalue weighted by Crippen LogP contribution is 2.42. The molecule has 1 aromatic carbocycles. The summed E-state index contributed by atoms with van der Waals surface area (Å²) in [5, 5.41) is 0. The van der Waals surface area contributed by atoms with Crippen LogP contribution in [-0.4, -0.2) is 5.78 Å². The first-order chi connectivity index (χ1) is 9.54. The van der Waals surface area contributed by atoms with E-state index in [0.29, 0.717) is 16.4 Å². The van der Waals surface area contributed by atoms with Gasteiger partial charge in [-0.1, -0.05) is 37.3 Å². The Labute approximate surface area is 122 Å². The molecule has 0 radical (unpaired) electrons. The maximum Gasteiger partial charge on any atom is 0.187 e. The summed E-state index contributed by atoms with van der Waals surface area (Å²) in [4.78, 5) is 14.0. The van der Waals surface area contributed by atoms with Crippen molar-refractivity contribution in [2.24, 2.45) is 5.92 Å². The number of fused-ring (bicyclic) bond motifs is 2. The minimum absolute atomic E-state index is 0.0316. The zero-order valence-electron chi connectivity index (χ0n) is 11.4. The van der Waals surface area contributed by atoms with Crippen LogP contribution in [0.15, 0.2) is 57.4 Å². The number of hydrogen-bond acceptors (Lipinski definition) is 2. The van der Waals surface area contributed by atoms with Crippen molar-refractivity contribution >= 4 is 17.5 Å². The van der Waals surface area contributed by atoms with Crippen LogP contribution in [0.1, 0.15) is 30.6 Å². The van der Waals surface area contributed by atoms with Crippen LogP contribution in [0.4, 0.5) is 4.39 Å². The first kappa shape index (κ1) is 13.4. The number of rotatable bonds is 1. The largest absolute Gasteiger partial charge is 0.289 e. The predicted octanol–water partition coefficient (Wildman–Crippen LogP) is 4.91. The lowest BCUT2D eigenvalue weighted by Crippen LogP contribution is -2.02. The summed E-state index contributed by atoms with van der Waals surface area (Å²) in [6.07, 6.45) is 6.68. The quantitative estimate of drug-likeness (QED) is 0.729. The van der Waals surface area contributed by atoms with Crippen molar-refractivity contribution in [3.63, 3.8) is 0 Å². The molecule has 1 aliphatic heterocycles. The number of carbonyl (C=O) groups is 1. The molecule has 0 bridgehead atoms. The second-order valence-corrected chi connectivity index (χ2v) is 6.46.